The van der Waals surface area contributed by atoms with Crippen LogP contribution >= 0.6 is 23.1 Å². The molecule has 0 saturated heterocycles. The largest absolute Gasteiger partial charge is 0.497 e. The number of fused-ring (bicyclic) bond motifs is 2. The molecule has 142 valence electrons. The van der Waals surface area contributed by atoms with E-state index < -0.39 is 0 Å². The third-order valence-corrected chi connectivity index (χ3v) is 6.56. The lowest BCUT2D eigenvalue weighted by Gasteiger charge is -2.13. The molecule has 5 nitrogen and oxygen atoms in total. The topological polar surface area (TPSA) is 64.1 Å². The van der Waals surface area contributed by atoms with E-state index in [1.54, 1.807) is 7.11 Å². The Morgan fingerprint density at radius 1 is 1.14 bits per heavy atom. The second-order valence-electron chi connectivity index (χ2n) is 6.20. The lowest BCUT2D eigenvalue weighted by Crippen LogP contribution is -2.24. The number of para-hydroxylation sites is 1. The number of benzene rings is 2. The number of carbonyl (C=O) groups excluding carboxylic acids is 1. The van der Waals surface area contributed by atoms with Gasteiger partial charge in [-0.3, -0.25) is 4.79 Å². The van der Waals surface area contributed by atoms with Crippen molar-refractivity contribution in [3.63, 3.8) is 0 Å². The number of pyridine rings is 1. The second kappa shape index (κ2) is 8.16. The number of aromatic nitrogens is 2. The lowest BCUT2D eigenvalue weighted by molar-refractivity contribution is -0.115. The number of thioether (sulfide) groups is 1. The Balaban J connectivity index is 1.50. The fourth-order valence-corrected chi connectivity index (χ4v) is 4.67. The third kappa shape index (κ3) is 3.95. The van der Waals surface area contributed by atoms with Gasteiger partial charge in [-0.05, 0) is 36.8 Å². The molecule has 4 aromatic rings. The summed E-state index contributed by atoms with van der Waals surface area (Å²) in [5.74, 6) is 0.715. The Morgan fingerprint density at radius 3 is 2.82 bits per heavy atom. The van der Waals surface area contributed by atoms with Gasteiger partial charge in [-0.15, -0.1) is 0 Å². The van der Waals surface area contributed by atoms with Gasteiger partial charge in [0.15, 0.2) is 5.13 Å². The minimum absolute atomic E-state index is 0.0616. The summed E-state index contributed by atoms with van der Waals surface area (Å²) in [7, 11) is 1.63. The zero-order valence-corrected chi connectivity index (χ0v) is 17.1. The van der Waals surface area contributed by atoms with Crippen molar-refractivity contribution in [2.75, 3.05) is 12.4 Å². The maximum absolute atomic E-state index is 12.8. The normalized spacial score (nSPS) is 12.2. The molecule has 1 unspecified atom stereocenters. The number of amides is 1. The van der Waals surface area contributed by atoms with Gasteiger partial charge in [0.2, 0.25) is 5.91 Å². The summed E-state index contributed by atoms with van der Waals surface area (Å²) in [4.78, 5) is 22.0. The Kier molecular flexibility index (Phi) is 5.45. The van der Waals surface area contributed by atoms with Crippen LogP contribution in [0.1, 0.15) is 13.3 Å². The van der Waals surface area contributed by atoms with Crippen molar-refractivity contribution in [3.05, 3.63) is 54.6 Å². The molecule has 0 spiro atoms. The molecule has 7 heteroatoms. The summed E-state index contributed by atoms with van der Waals surface area (Å²) in [6.45, 7) is 2.00. The van der Waals surface area contributed by atoms with Gasteiger partial charge in [0.1, 0.15) is 5.75 Å². The van der Waals surface area contributed by atoms with Crippen LogP contribution in [-0.4, -0.2) is 28.2 Å². The van der Waals surface area contributed by atoms with E-state index in [9.17, 15) is 4.79 Å². The van der Waals surface area contributed by atoms with Crippen LogP contribution in [0.25, 0.3) is 21.1 Å². The second-order valence-corrected chi connectivity index (χ2v) is 8.45. The van der Waals surface area contributed by atoms with E-state index in [4.69, 9.17) is 4.74 Å². The molecular weight excluding hydrogens is 390 g/mol. The van der Waals surface area contributed by atoms with Crippen LogP contribution in [0.15, 0.2) is 59.6 Å². The van der Waals surface area contributed by atoms with Crippen molar-refractivity contribution in [1.29, 1.82) is 0 Å². The molecule has 1 atom stereocenters. The maximum Gasteiger partial charge on any atom is 0.239 e. The molecule has 0 aliphatic heterocycles. The molecule has 0 aliphatic rings. The van der Waals surface area contributed by atoms with Crippen LogP contribution in [0.5, 0.6) is 5.75 Å². The minimum Gasteiger partial charge on any atom is -0.497 e. The Morgan fingerprint density at radius 2 is 2.00 bits per heavy atom. The molecule has 28 heavy (non-hydrogen) atoms. The van der Waals surface area contributed by atoms with Gasteiger partial charge < -0.3 is 10.1 Å². The summed E-state index contributed by atoms with van der Waals surface area (Å²) >= 11 is 2.92. The Labute approximate surface area is 171 Å². The van der Waals surface area contributed by atoms with Gasteiger partial charge in [0.05, 0.1) is 33.1 Å². The number of anilines is 1. The molecule has 4 rings (SSSR count). The molecule has 1 amide bonds. The van der Waals surface area contributed by atoms with Crippen LogP contribution in [0.3, 0.4) is 0 Å². The highest BCUT2D eigenvalue weighted by Crippen LogP contribution is 2.31. The number of rotatable bonds is 6. The Bertz CT molecular complexity index is 1140. The minimum atomic E-state index is -0.241. The number of methoxy groups -OCH3 is 1. The predicted octanol–water partition coefficient (Wildman–Crippen LogP) is 5.36. The number of thiazole rings is 1. The molecule has 2 aromatic carbocycles. The highest BCUT2D eigenvalue weighted by molar-refractivity contribution is 8.00. The van der Waals surface area contributed by atoms with Gasteiger partial charge in [-0.1, -0.05) is 54.3 Å². The molecule has 0 aliphatic carbocycles. The third-order valence-electron chi connectivity index (χ3n) is 4.32. The highest BCUT2D eigenvalue weighted by atomic mass is 32.2. The first-order chi connectivity index (χ1) is 13.7. The number of ether oxygens (including phenoxy) is 1. The number of carbonyl (C=O) groups is 1. The number of hydrogen-bond acceptors (Lipinski definition) is 6. The standard InChI is InChI=1S/C21H19N3O2S2/c1-3-17(27-19-11-8-13-6-4-5-7-15(13)22-19)20(25)24-21-23-16-10-9-14(26-2)12-18(16)28-21/h4-12,17H,3H2,1-2H3,(H,23,24,25). The van der Waals surface area contributed by atoms with E-state index in [1.807, 2.05) is 61.5 Å². The van der Waals surface area contributed by atoms with Crippen LogP contribution in [0.2, 0.25) is 0 Å². The molecule has 0 radical (unpaired) electrons. The Hall–Kier alpha value is -2.64. The smallest absolute Gasteiger partial charge is 0.239 e. The number of nitrogens with zero attached hydrogens (tertiary/aromatic N) is 2. The zero-order chi connectivity index (χ0) is 19.5. The van der Waals surface area contributed by atoms with Crippen LogP contribution in [0, 0.1) is 0 Å². The molecule has 0 fully saturated rings. The first kappa shape index (κ1) is 18.7. The van der Waals surface area contributed by atoms with Crippen molar-refractivity contribution >= 4 is 55.3 Å². The van der Waals surface area contributed by atoms with Crippen molar-refractivity contribution in [1.82, 2.24) is 9.97 Å². The quantitative estimate of drug-likeness (QED) is 0.434. The molecular formula is C21H19N3O2S2. The van der Waals surface area contributed by atoms with Crippen LogP contribution in [0.4, 0.5) is 5.13 Å². The highest BCUT2D eigenvalue weighted by Gasteiger charge is 2.20. The summed E-state index contributed by atoms with van der Waals surface area (Å²) < 4.78 is 6.22. The summed E-state index contributed by atoms with van der Waals surface area (Å²) in [6.07, 6.45) is 0.698. The van der Waals surface area contributed by atoms with Gasteiger partial charge in [-0.2, -0.15) is 0 Å². The summed E-state index contributed by atoms with van der Waals surface area (Å²) in [5.41, 5.74) is 1.78. The van der Waals surface area contributed by atoms with E-state index in [1.165, 1.54) is 23.1 Å². The first-order valence-electron chi connectivity index (χ1n) is 8.94. The van der Waals surface area contributed by atoms with E-state index in [-0.39, 0.29) is 11.2 Å². The monoisotopic (exact) mass is 409 g/mol. The average molecular weight is 410 g/mol. The van der Waals surface area contributed by atoms with Crippen molar-refractivity contribution in [2.45, 2.75) is 23.6 Å². The molecule has 0 bridgehead atoms. The van der Waals surface area contributed by atoms with Crippen LogP contribution < -0.4 is 10.1 Å². The van der Waals surface area contributed by atoms with Crippen molar-refractivity contribution in [3.8, 4) is 5.75 Å². The van der Waals surface area contributed by atoms with E-state index in [0.29, 0.717) is 11.6 Å². The fraction of sp³-hybridized carbons (Fsp3) is 0.190. The van der Waals surface area contributed by atoms with Crippen LogP contribution in [-0.2, 0) is 4.79 Å². The van der Waals surface area contributed by atoms with Crippen molar-refractivity contribution in [2.24, 2.45) is 0 Å². The number of hydrogen-bond donors (Lipinski definition) is 1. The first-order valence-corrected chi connectivity index (χ1v) is 10.6. The average Bonchev–Trinajstić information content (AvgIpc) is 3.12. The summed E-state index contributed by atoms with van der Waals surface area (Å²) in [6, 6.07) is 17.7. The predicted molar refractivity (Wildman–Crippen MR) is 116 cm³/mol. The van der Waals surface area contributed by atoms with Gasteiger partial charge >= 0.3 is 0 Å². The SMILES string of the molecule is CCC(Sc1ccc2ccccc2n1)C(=O)Nc1nc2ccc(OC)cc2s1. The molecule has 0 saturated carbocycles. The fourth-order valence-electron chi connectivity index (χ4n) is 2.85. The number of nitrogens with one attached hydrogen (secondary N) is 1. The van der Waals surface area contributed by atoms with Crippen molar-refractivity contribution < 1.29 is 9.53 Å². The lowest BCUT2D eigenvalue weighted by atomic mass is 10.2. The maximum atomic E-state index is 12.8. The van der Waals surface area contributed by atoms with Gasteiger partial charge in [0, 0.05) is 5.39 Å². The van der Waals surface area contributed by atoms with E-state index in [2.05, 4.69) is 15.3 Å². The summed E-state index contributed by atoms with van der Waals surface area (Å²) in [5, 5.41) is 5.25. The van der Waals surface area contributed by atoms with Gasteiger partial charge in [-0.25, -0.2) is 9.97 Å². The van der Waals surface area contributed by atoms with Gasteiger partial charge in [0.25, 0.3) is 0 Å². The molecule has 2 aromatic heterocycles. The van der Waals surface area contributed by atoms with E-state index in [0.717, 1.165) is 31.9 Å². The zero-order valence-electron chi connectivity index (χ0n) is 15.5. The molecule has 1 N–H and O–H groups in total. The molecule has 2 heterocycles. The van der Waals surface area contributed by atoms with E-state index >= 15 is 0 Å².